The first-order valence-corrected chi connectivity index (χ1v) is 17.4. The van der Waals surface area contributed by atoms with Crippen LogP contribution in [0.1, 0.15) is 0 Å². The van der Waals surface area contributed by atoms with Gasteiger partial charge in [-0.1, -0.05) is 127 Å². The molecule has 0 amide bonds. The summed E-state index contributed by atoms with van der Waals surface area (Å²) in [5.41, 5.74) is 13.2. The highest BCUT2D eigenvalue weighted by molar-refractivity contribution is 6.26. The number of aromatic nitrogens is 1. The van der Waals surface area contributed by atoms with Crippen LogP contribution in [0.25, 0.3) is 71.7 Å². The molecule has 0 radical (unpaired) electrons. The summed E-state index contributed by atoms with van der Waals surface area (Å²) in [5, 5.41) is 4.64. The van der Waals surface area contributed by atoms with Gasteiger partial charge in [-0.15, -0.1) is 0 Å². The molecule has 3 heteroatoms. The van der Waals surface area contributed by atoms with Gasteiger partial charge in [0, 0.05) is 44.3 Å². The first-order valence-electron chi connectivity index (χ1n) is 17.4. The number of nitrogens with zero attached hydrogens (tertiary/aromatic N) is 2. The highest BCUT2D eigenvalue weighted by Gasteiger charge is 2.22. The van der Waals surface area contributed by atoms with E-state index >= 15 is 0 Å². The Morgan fingerprint density at radius 2 is 0.922 bits per heavy atom. The second-order valence-corrected chi connectivity index (χ2v) is 12.9. The fraction of sp³-hybridized carbons (Fsp3) is 0. The van der Waals surface area contributed by atoms with Crippen LogP contribution in [-0.4, -0.2) is 4.57 Å². The minimum atomic E-state index is 0.896. The third-order valence-corrected chi connectivity index (χ3v) is 9.98. The summed E-state index contributed by atoms with van der Waals surface area (Å²) >= 11 is 0. The van der Waals surface area contributed by atoms with Crippen molar-refractivity contribution in [2.45, 2.75) is 0 Å². The number of furan rings is 1. The third-order valence-electron chi connectivity index (χ3n) is 9.98. The average Bonchev–Trinajstić information content (AvgIpc) is 3.76. The SMILES string of the molecule is c1ccc(N(c2ccccc2)c2ccc(-c3ccc(-c4cc5c6ccccc6oc5c5c4c4ccccc4n5-c4ccccc4)cc3)cc2)cc1. The summed E-state index contributed by atoms with van der Waals surface area (Å²) in [6.07, 6.45) is 0. The molecule has 0 fully saturated rings. The number of hydrogen-bond donors (Lipinski definition) is 0. The lowest BCUT2D eigenvalue weighted by Gasteiger charge is -2.25. The summed E-state index contributed by atoms with van der Waals surface area (Å²) in [6.45, 7) is 0. The van der Waals surface area contributed by atoms with E-state index < -0.39 is 0 Å². The van der Waals surface area contributed by atoms with Crippen LogP contribution < -0.4 is 4.90 Å². The zero-order chi connectivity index (χ0) is 33.7. The van der Waals surface area contributed by atoms with Crippen LogP contribution in [0, 0.1) is 0 Å². The second kappa shape index (κ2) is 11.9. The lowest BCUT2D eigenvalue weighted by Crippen LogP contribution is -2.09. The Labute approximate surface area is 295 Å². The highest BCUT2D eigenvalue weighted by atomic mass is 16.3. The molecule has 0 saturated heterocycles. The van der Waals surface area contributed by atoms with Gasteiger partial charge in [-0.3, -0.25) is 0 Å². The van der Waals surface area contributed by atoms with Gasteiger partial charge in [-0.2, -0.15) is 0 Å². The van der Waals surface area contributed by atoms with Crippen molar-refractivity contribution >= 4 is 60.8 Å². The average molecular weight is 653 g/mol. The number of anilines is 3. The lowest BCUT2D eigenvalue weighted by molar-refractivity contribution is 0.671. The van der Waals surface area contributed by atoms with Crippen molar-refractivity contribution in [1.82, 2.24) is 4.57 Å². The van der Waals surface area contributed by atoms with Crippen molar-refractivity contribution in [1.29, 1.82) is 0 Å². The predicted molar refractivity (Wildman–Crippen MR) is 214 cm³/mol. The number of hydrogen-bond acceptors (Lipinski definition) is 2. The molecular weight excluding hydrogens is 621 g/mol. The van der Waals surface area contributed by atoms with Crippen molar-refractivity contribution in [2.75, 3.05) is 4.90 Å². The molecule has 0 aliphatic carbocycles. The molecule has 240 valence electrons. The van der Waals surface area contributed by atoms with Gasteiger partial charge in [0.1, 0.15) is 5.58 Å². The van der Waals surface area contributed by atoms with Gasteiger partial charge >= 0.3 is 0 Å². The molecule has 2 heterocycles. The van der Waals surface area contributed by atoms with E-state index in [-0.39, 0.29) is 0 Å². The molecule has 8 aromatic carbocycles. The van der Waals surface area contributed by atoms with E-state index in [1.165, 1.54) is 33.0 Å². The molecule has 0 bridgehead atoms. The predicted octanol–water partition coefficient (Wildman–Crippen LogP) is 13.5. The van der Waals surface area contributed by atoms with E-state index in [2.05, 4.69) is 198 Å². The van der Waals surface area contributed by atoms with E-state index in [4.69, 9.17) is 4.42 Å². The molecule has 0 spiro atoms. The molecule has 10 aromatic rings. The zero-order valence-corrected chi connectivity index (χ0v) is 27.8. The molecule has 3 nitrogen and oxygen atoms in total. The monoisotopic (exact) mass is 652 g/mol. The van der Waals surface area contributed by atoms with Crippen LogP contribution in [0.3, 0.4) is 0 Å². The standard InChI is InChI=1S/C48H32N2O/c1-4-14-36(15-5-1)49(37-16-6-2-7-17-37)39-30-28-34(29-31-39)33-24-26-35(27-25-33)42-32-43-40-20-11-13-23-45(40)51-48(43)47-46(42)41-21-10-12-22-44(41)50(47)38-18-8-3-9-19-38/h1-32H. The fourth-order valence-electron chi connectivity index (χ4n) is 7.65. The molecule has 2 aromatic heterocycles. The lowest BCUT2D eigenvalue weighted by atomic mass is 9.95. The summed E-state index contributed by atoms with van der Waals surface area (Å²) in [4.78, 5) is 2.29. The number of fused-ring (bicyclic) bond motifs is 7. The first kappa shape index (κ1) is 29.1. The number of para-hydroxylation sites is 5. The Balaban J connectivity index is 1.11. The maximum Gasteiger partial charge on any atom is 0.160 e. The van der Waals surface area contributed by atoms with Crippen molar-refractivity contribution in [3.8, 4) is 27.9 Å². The first-order chi connectivity index (χ1) is 25.3. The Kier molecular flexibility index (Phi) is 6.81. The van der Waals surface area contributed by atoms with E-state index in [9.17, 15) is 0 Å². The second-order valence-electron chi connectivity index (χ2n) is 12.9. The van der Waals surface area contributed by atoms with Gasteiger partial charge in [0.05, 0.1) is 11.0 Å². The van der Waals surface area contributed by atoms with Gasteiger partial charge in [0.25, 0.3) is 0 Å². The Hall–Kier alpha value is -6.84. The van der Waals surface area contributed by atoms with Crippen LogP contribution in [0.2, 0.25) is 0 Å². The quantitative estimate of drug-likeness (QED) is 0.178. The van der Waals surface area contributed by atoms with Crippen LogP contribution in [0.15, 0.2) is 199 Å². The van der Waals surface area contributed by atoms with Crippen molar-refractivity contribution in [3.05, 3.63) is 194 Å². The van der Waals surface area contributed by atoms with E-state index in [1.807, 2.05) is 6.07 Å². The van der Waals surface area contributed by atoms with Crippen molar-refractivity contribution in [2.24, 2.45) is 0 Å². The van der Waals surface area contributed by atoms with Crippen molar-refractivity contribution < 1.29 is 4.42 Å². The Morgan fingerprint density at radius 3 is 1.59 bits per heavy atom. The van der Waals surface area contributed by atoms with Crippen molar-refractivity contribution in [3.63, 3.8) is 0 Å². The summed E-state index contributed by atoms with van der Waals surface area (Å²) in [5.74, 6) is 0. The number of benzene rings is 8. The van der Waals surface area contributed by atoms with Crippen LogP contribution in [0.4, 0.5) is 17.1 Å². The number of rotatable bonds is 6. The van der Waals surface area contributed by atoms with Crippen LogP contribution in [-0.2, 0) is 0 Å². The van der Waals surface area contributed by atoms with Gasteiger partial charge < -0.3 is 13.9 Å². The zero-order valence-electron chi connectivity index (χ0n) is 27.8. The van der Waals surface area contributed by atoms with E-state index in [0.29, 0.717) is 0 Å². The Bertz CT molecular complexity index is 2780. The third kappa shape index (κ3) is 4.82. The molecule has 0 N–H and O–H groups in total. The van der Waals surface area contributed by atoms with Crippen LogP contribution >= 0.6 is 0 Å². The molecule has 0 unspecified atom stereocenters. The molecule has 51 heavy (non-hydrogen) atoms. The maximum absolute atomic E-state index is 6.68. The largest absolute Gasteiger partial charge is 0.454 e. The highest BCUT2D eigenvalue weighted by Crippen LogP contribution is 2.45. The fourth-order valence-corrected chi connectivity index (χ4v) is 7.65. The smallest absolute Gasteiger partial charge is 0.160 e. The minimum Gasteiger partial charge on any atom is -0.454 e. The van der Waals surface area contributed by atoms with Gasteiger partial charge in [0.2, 0.25) is 0 Å². The van der Waals surface area contributed by atoms with Gasteiger partial charge in [0.15, 0.2) is 5.58 Å². The van der Waals surface area contributed by atoms with Gasteiger partial charge in [-0.05, 0) is 89.0 Å². The molecule has 0 aliphatic heterocycles. The summed E-state index contributed by atoms with van der Waals surface area (Å²) in [6, 6.07) is 68.9. The molecular formula is C48H32N2O. The minimum absolute atomic E-state index is 0.896. The molecule has 0 aliphatic rings. The summed E-state index contributed by atoms with van der Waals surface area (Å²) in [7, 11) is 0. The Morgan fingerprint density at radius 1 is 0.412 bits per heavy atom. The molecule has 10 rings (SSSR count). The molecule has 0 atom stereocenters. The van der Waals surface area contributed by atoms with Gasteiger partial charge in [-0.25, -0.2) is 0 Å². The maximum atomic E-state index is 6.68. The van der Waals surface area contributed by atoms with Crippen LogP contribution in [0.5, 0.6) is 0 Å². The molecule has 0 saturated carbocycles. The summed E-state index contributed by atoms with van der Waals surface area (Å²) < 4.78 is 9.05. The van der Waals surface area contributed by atoms with E-state index in [0.717, 1.165) is 55.7 Å². The van der Waals surface area contributed by atoms with E-state index in [1.54, 1.807) is 0 Å². The topological polar surface area (TPSA) is 21.3 Å². The normalized spacial score (nSPS) is 11.5.